The maximum atomic E-state index is 9.00. The van der Waals surface area contributed by atoms with E-state index in [0.29, 0.717) is 0 Å². The Balaban J connectivity index is -0.00000000485. The van der Waals surface area contributed by atoms with Crippen LogP contribution < -0.4 is 243 Å². The van der Waals surface area contributed by atoms with Gasteiger partial charge in [0.15, 0.2) is 0 Å². The number of carbonyl (C=O) groups is 5. The Hall–Kier alpha value is 8.89. The van der Waals surface area contributed by atoms with Crippen LogP contribution in [0.1, 0.15) is 27.7 Å². The van der Waals surface area contributed by atoms with Crippen molar-refractivity contribution in [1.29, 1.82) is 0 Å². The van der Waals surface area contributed by atoms with Crippen LogP contribution in [-0.4, -0.2) is 189 Å². The summed E-state index contributed by atoms with van der Waals surface area (Å²) in [5, 5.41) is 35.6. The third-order valence-corrected chi connectivity index (χ3v) is 0. The molecule has 0 aliphatic carbocycles. The molecule has 0 aliphatic rings. The van der Waals surface area contributed by atoms with Gasteiger partial charge in [-0.3, -0.25) is 0 Å². The fourth-order valence-electron chi connectivity index (χ4n) is 0. The molecule has 0 radical (unpaired) electrons. The smallest absolute Gasteiger partial charge is 1.00 e. The molecule has 2 amide bonds. The van der Waals surface area contributed by atoms with Crippen LogP contribution >= 0.6 is 0 Å². The average Bonchev–Trinajstić information content (AvgIpc) is 1.94. The van der Waals surface area contributed by atoms with Crippen LogP contribution in [0.3, 0.4) is 0 Å². The molecule has 4 N–H and O–H groups in total. The van der Waals surface area contributed by atoms with Crippen LogP contribution in [0.2, 0.25) is 0 Å². The number of hydrogen-bond acceptors (Lipinski definition) is 9. The second-order valence-corrected chi connectivity index (χ2v) is 2.37. The molecule has 0 rings (SSSR count). The molecule has 0 heterocycles. The van der Waals surface area contributed by atoms with Crippen molar-refractivity contribution in [3.63, 3.8) is 0 Å². The zero-order valence-electron chi connectivity index (χ0n) is 20.4. The van der Waals surface area contributed by atoms with Crippen molar-refractivity contribution in [3.8, 4) is 0 Å². The summed E-state index contributed by atoms with van der Waals surface area (Å²) < 4.78 is 0. The van der Waals surface area contributed by atoms with Crippen molar-refractivity contribution in [3.05, 3.63) is 0 Å². The molecule has 0 aliphatic heterocycles. The van der Waals surface area contributed by atoms with Gasteiger partial charge in [0.2, 0.25) is 0 Å². The molecule has 0 saturated carbocycles. The Bertz CT molecular complexity index is 273. The van der Waals surface area contributed by atoms with Gasteiger partial charge in [0, 0.05) is 23.9 Å². The first-order valence-corrected chi connectivity index (χ1v) is 4.41. The maximum absolute atomic E-state index is 9.00. The summed E-state index contributed by atoms with van der Waals surface area (Å²) in [5.74, 6) is -4.33. The quantitative estimate of drug-likeness (QED) is 0.225. The summed E-state index contributed by atoms with van der Waals surface area (Å²) in [5.41, 5.74) is 8.50. The largest absolute Gasteiger partial charge is 2.00 e. The van der Waals surface area contributed by atoms with Crippen LogP contribution in [0.5, 0.6) is 0 Å². The van der Waals surface area contributed by atoms with Crippen LogP contribution in [-0.2, 0) is 19.2 Å². The van der Waals surface area contributed by atoms with E-state index >= 15 is 0 Å². The zero-order valence-corrected chi connectivity index (χ0v) is 43.1. The summed E-state index contributed by atoms with van der Waals surface area (Å²) in [6, 6.07) is -0.833. The minimum absolute atomic E-state index is 0. The van der Waals surface area contributed by atoms with E-state index in [4.69, 9.17) is 44.4 Å². The topological polar surface area (TPSA) is 230 Å². The number of amides is 2. The van der Waals surface area contributed by atoms with E-state index in [1.54, 1.807) is 0 Å². The first-order valence-electron chi connectivity index (χ1n) is 4.41. The van der Waals surface area contributed by atoms with Crippen molar-refractivity contribution in [2.75, 3.05) is 0 Å². The number of primary amides is 2. The molecule has 0 fully saturated rings. The number of urea groups is 1. The second kappa shape index (κ2) is 114. The van der Waals surface area contributed by atoms with Gasteiger partial charge in [-0.2, -0.15) is 0 Å². The molecular weight excluding hydrogens is 715 g/mol. The third-order valence-electron chi connectivity index (χ3n) is 0. The molecule has 152 valence electrons. The number of carboxylic acid groups (broad SMARTS) is 4. The summed E-state index contributed by atoms with van der Waals surface area (Å²) in [4.78, 5) is 44.6. The van der Waals surface area contributed by atoms with E-state index in [0.717, 1.165) is 27.7 Å². The number of nitrogens with two attached hydrogens (primary N) is 2. The minimum atomic E-state index is -1.08. The Labute approximate surface area is 471 Å². The standard InChI is InChI=1S/4C2H4O2.CH4N2O.3Ca.4ClH.2K.2Mg.2Na/c4*1-2(3)4;2-1(3)4;;;;;;;;;;;;;/h4*1H3,(H,3,4);(H4,2,3,4);;;;4*1H;;;;;;/q;;;;;3*+2;;;;;2*+1;2*+2;2*+1/p-8. The van der Waals surface area contributed by atoms with E-state index in [2.05, 4.69) is 11.5 Å². The van der Waals surface area contributed by atoms with Gasteiger partial charge in [0.25, 0.3) is 0 Å². The normalized spacial score (nSPS) is 3.76. The molecule has 0 bridgehead atoms. The molecule has 0 spiro atoms. The summed E-state index contributed by atoms with van der Waals surface area (Å²) in [7, 11) is 0. The third kappa shape index (κ3) is 782. The number of carbonyl (C=O) groups excluding carboxylic acids is 5. The number of halogens is 4. The first kappa shape index (κ1) is 123. The van der Waals surface area contributed by atoms with E-state index < -0.39 is 29.9 Å². The second-order valence-electron chi connectivity index (χ2n) is 2.37. The Kier molecular flexibility index (Phi) is 424. The SMILES string of the molecule is CC(=O)[O-].CC(=O)[O-].CC(=O)[O-].CC(=O)[O-].NC(N)=O.[Ca+2].[Ca+2].[Ca+2].[Cl-].[Cl-].[Cl-].[Cl-].[K+].[K+].[Mg+2].[Mg+2].[Na+].[Na+]. The first-order chi connectivity index (χ1) is 8.66. The van der Waals surface area contributed by atoms with E-state index in [1.165, 1.54) is 0 Å². The molecule has 33 heavy (non-hydrogen) atoms. The van der Waals surface area contributed by atoms with Gasteiger partial charge >= 0.3 is 327 Å². The number of aliphatic carboxylic acids is 4. The predicted octanol–water partition coefficient (Wildman–Crippen LogP) is -31.8. The molecule has 0 atom stereocenters. The van der Waals surface area contributed by atoms with Crippen molar-refractivity contribution in [2.45, 2.75) is 27.7 Å². The molecule has 0 aromatic carbocycles. The van der Waals surface area contributed by atoms with Crippen molar-refractivity contribution in [2.24, 2.45) is 11.5 Å². The summed E-state index contributed by atoms with van der Waals surface area (Å²) in [6.45, 7) is 3.89. The van der Waals surface area contributed by atoms with Crippen molar-refractivity contribution >= 4 is 189 Å². The molecule has 0 saturated heterocycles. The fourth-order valence-corrected chi connectivity index (χ4v) is 0. The zero-order chi connectivity index (χ0) is 17.9. The van der Waals surface area contributed by atoms with Gasteiger partial charge in [-0.05, 0) is 27.7 Å². The van der Waals surface area contributed by atoms with E-state index in [1.807, 2.05) is 0 Å². The predicted molar refractivity (Wildman–Crippen MR) is 85.3 cm³/mol. The van der Waals surface area contributed by atoms with E-state index in [-0.39, 0.29) is 371 Å². The Morgan fingerprint density at radius 2 is 0.485 bits per heavy atom. The van der Waals surface area contributed by atoms with Crippen LogP contribution in [0, 0.1) is 0 Å². The average molecular weight is 731 g/mol. The van der Waals surface area contributed by atoms with Gasteiger partial charge in [-0.25, -0.2) is 4.79 Å². The number of rotatable bonds is 0. The fraction of sp³-hybridized carbons (Fsp3) is 0.444. The number of carboxylic acids is 4. The van der Waals surface area contributed by atoms with Gasteiger partial charge in [0.1, 0.15) is 0 Å². The molecule has 0 unspecified atom stereocenters. The monoisotopic (exact) mass is 728 g/mol. The molecule has 0 aromatic rings. The van der Waals surface area contributed by atoms with Crippen LogP contribution in [0.4, 0.5) is 4.79 Å². The van der Waals surface area contributed by atoms with Gasteiger partial charge < -0.3 is 101 Å². The summed E-state index contributed by atoms with van der Waals surface area (Å²) >= 11 is 0. The molecule has 0 aromatic heterocycles. The summed E-state index contributed by atoms with van der Waals surface area (Å²) in [6.07, 6.45) is 0. The van der Waals surface area contributed by atoms with E-state index in [9.17, 15) is 0 Å². The van der Waals surface area contributed by atoms with Crippen LogP contribution in [0.25, 0.3) is 0 Å². The van der Waals surface area contributed by atoms with Gasteiger partial charge in [-0.1, -0.05) is 0 Å². The Morgan fingerprint density at radius 3 is 0.485 bits per heavy atom. The minimum Gasteiger partial charge on any atom is -1.00 e. The molecule has 24 heteroatoms. The molecule has 11 nitrogen and oxygen atoms in total. The van der Waals surface area contributed by atoms with Crippen molar-refractivity contribution < 1.29 is 256 Å². The van der Waals surface area contributed by atoms with Crippen LogP contribution in [0.15, 0.2) is 0 Å². The van der Waals surface area contributed by atoms with Gasteiger partial charge in [0.05, 0.1) is 0 Å². The Morgan fingerprint density at radius 1 is 0.485 bits per heavy atom. The number of hydrogen-bond donors (Lipinski definition) is 2. The van der Waals surface area contributed by atoms with Crippen molar-refractivity contribution in [1.82, 2.24) is 0 Å². The molecular formula is C9H16Ca3Cl4K2Mg2N2Na2O9+6. The van der Waals surface area contributed by atoms with Gasteiger partial charge in [-0.15, -0.1) is 0 Å². The maximum Gasteiger partial charge on any atom is 2.00 e.